The maximum absolute atomic E-state index is 13.4. The molecule has 0 saturated carbocycles. The second-order valence-corrected chi connectivity index (χ2v) is 11.2. The molecule has 2 saturated heterocycles. The normalized spacial score (nSPS) is 23.5. The minimum absolute atomic E-state index is 0.0993. The van der Waals surface area contributed by atoms with Crippen molar-refractivity contribution in [2.75, 3.05) is 31.2 Å². The van der Waals surface area contributed by atoms with E-state index in [4.69, 9.17) is 16.3 Å². The van der Waals surface area contributed by atoms with Crippen LogP contribution in [0, 0.1) is 0 Å². The third kappa shape index (κ3) is 5.14. The summed E-state index contributed by atoms with van der Waals surface area (Å²) in [6, 6.07) is 17.6. The second-order valence-electron chi connectivity index (χ2n) is 8.83. The van der Waals surface area contributed by atoms with Crippen molar-refractivity contribution >= 4 is 52.1 Å². The third-order valence-corrected chi connectivity index (χ3v) is 9.01. The van der Waals surface area contributed by atoms with E-state index in [-0.39, 0.29) is 18.1 Å². The summed E-state index contributed by atoms with van der Waals surface area (Å²) >= 11 is 9.07. The average molecular weight is 527 g/mol. The number of carbonyl (C=O) groups is 2. The molecule has 2 fully saturated rings. The summed E-state index contributed by atoms with van der Waals surface area (Å²) in [4.78, 5) is 29.9. The number of nitrogens with zero attached hydrogens (tertiary/aromatic N) is 1. The highest BCUT2D eigenvalue weighted by atomic mass is 35.5. The SMILES string of the molecule is O=C1CC(c2ccc(N3CCCOCCC3)cc2)(c2ccsc2)NC(=O)C1Sc1ccccc1Cl. The van der Waals surface area contributed by atoms with Gasteiger partial charge in [-0.25, -0.2) is 0 Å². The number of hydrogen-bond donors (Lipinski definition) is 1. The molecular formula is C27H27ClN2O3S2. The Balaban J connectivity index is 1.43. The number of amides is 1. The molecule has 1 N–H and O–H groups in total. The lowest BCUT2D eigenvalue weighted by Crippen LogP contribution is -2.57. The molecule has 3 heterocycles. The van der Waals surface area contributed by atoms with Crippen LogP contribution < -0.4 is 10.2 Å². The summed E-state index contributed by atoms with van der Waals surface area (Å²) in [5, 5.41) is 6.95. The maximum Gasteiger partial charge on any atom is 0.242 e. The number of piperidine rings is 1. The number of thiophene rings is 1. The molecule has 0 radical (unpaired) electrons. The van der Waals surface area contributed by atoms with Crippen molar-refractivity contribution in [3.8, 4) is 0 Å². The summed E-state index contributed by atoms with van der Waals surface area (Å²) in [5.41, 5.74) is 2.12. The van der Waals surface area contributed by atoms with E-state index in [1.54, 1.807) is 17.4 Å². The summed E-state index contributed by atoms with van der Waals surface area (Å²) in [6.45, 7) is 3.48. The van der Waals surface area contributed by atoms with Gasteiger partial charge in [0.25, 0.3) is 0 Å². The van der Waals surface area contributed by atoms with Gasteiger partial charge < -0.3 is 15.0 Å². The molecule has 0 bridgehead atoms. The number of benzene rings is 2. The van der Waals surface area contributed by atoms with Gasteiger partial charge in [0, 0.05) is 43.3 Å². The summed E-state index contributed by atoms with van der Waals surface area (Å²) in [6.07, 6.45) is 2.18. The minimum atomic E-state index is -0.881. The molecule has 0 spiro atoms. The number of Topliss-reactive ketones (excluding diaryl/α,β-unsaturated/α-hetero) is 1. The van der Waals surface area contributed by atoms with Gasteiger partial charge in [0.1, 0.15) is 5.25 Å². The Bertz CT molecular complexity index is 1160. The molecular weight excluding hydrogens is 500 g/mol. The van der Waals surface area contributed by atoms with Crippen LogP contribution >= 0.6 is 34.7 Å². The molecule has 0 aliphatic carbocycles. The van der Waals surface area contributed by atoms with Gasteiger partial charge in [-0.3, -0.25) is 9.59 Å². The monoisotopic (exact) mass is 526 g/mol. The predicted octanol–water partition coefficient (Wildman–Crippen LogP) is 5.51. The Morgan fingerprint density at radius 3 is 2.40 bits per heavy atom. The largest absolute Gasteiger partial charge is 0.381 e. The summed E-state index contributed by atoms with van der Waals surface area (Å²) < 4.78 is 5.58. The molecule has 35 heavy (non-hydrogen) atoms. The number of thioether (sulfide) groups is 1. The van der Waals surface area contributed by atoms with Gasteiger partial charge in [-0.15, -0.1) is 11.8 Å². The first-order valence-corrected chi connectivity index (χ1v) is 14.0. The Hall–Kier alpha value is -2.32. The van der Waals surface area contributed by atoms with E-state index < -0.39 is 10.8 Å². The van der Waals surface area contributed by atoms with E-state index in [0.29, 0.717) is 5.02 Å². The van der Waals surface area contributed by atoms with Gasteiger partial charge in [0.15, 0.2) is 5.78 Å². The van der Waals surface area contributed by atoms with Gasteiger partial charge in [-0.2, -0.15) is 11.3 Å². The molecule has 2 aliphatic heterocycles. The van der Waals surface area contributed by atoms with Crippen LogP contribution in [-0.4, -0.2) is 43.2 Å². The molecule has 1 amide bonds. The summed E-state index contributed by atoms with van der Waals surface area (Å²) in [5.74, 6) is -0.386. The number of anilines is 1. The molecule has 8 heteroatoms. The fourth-order valence-corrected chi connectivity index (χ4v) is 6.74. The van der Waals surface area contributed by atoms with Crippen LogP contribution in [0.1, 0.15) is 30.4 Å². The summed E-state index contributed by atoms with van der Waals surface area (Å²) in [7, 11) is 0. The van der Waals surface area contributed by atoms with Crippen LogP contribution in [-0.2, 0) is 19.9 Å². The number of ketones is 1. The molecule has 2 unspecified atom stereocenters. The van der Waals surface area contributed by atoms with Crippen molar-refractivity contribution in [3.63, 3.8) is 0 Å². The highest BCUT2D eigenvalue weighted by molar-refractivity contribution is 8.01. The molecule has 5 rings (SSSR count). The molecule has 2 atom stereocenters. The van der Waals surface area contributed by atoms with Crippen LogP contribution in [0.15, 0.2) is 70.3 Å². The molecule has 1 aromatic heterocycles. The zero-order chi connectivity index (χ0) is 24.3. The number of ether oxygens (including phenoxy) is 1. The quantitative estimate of drug-likeness (QED) is 0.444. The number of rotatable bonds is 5. The van der Waals surface area contributed by atoms with Crippen molar-refractivity contribution in [3.05, 3.63) is 81.5 Å². The van der Waals surface area contributed by atoms with E-state index in [2.05, 4.69) is 34.5 Å². The lowest BCUT2D eigenvalue weighted by molar-refractivity contribution is -0.132. The zero-order valence-corrected chi connectivity index (χ0v) is 21.6. The number of halogens is 1. The van der Waals surface area contributed by atoms with Crippen molar-refractivity contribution in [2.45, 2.75) is 34.9 Å². The predicted molar refractivity (Wildman–Crippen MR) is 143 cm³/mol. The zero-order valence-electron chi connectivity index (χ0n) is 19.2. The van der Waals surface area contributed by atoms with E-state index >= 15 is 0 Å². The van der Waals surface area contributed by atoms with Crippen LogP contribution in [0.3, 0.4) is 0 Å². The van der Waals surface area contributed by atoms with Gasteiger partial charge in [-0.05, 0) is 65.1 Å². The van der Waals surface area contributed by atoms with Gasteiger partial charge in [0.05, 0.1) is 10.6 Å². The van der Waals surface area contributed by atoms with Crippen LogP contribution in [0.4, 0.5) is 5.69 Å². The van der Waals surface area contributed by atoms with Crippen molar-refractivity contribution < 1.29 is 14.3 Å². The smallest absolute Gasteiger partial charge is 0.242 e. The fraction of sp³-hybridized carbons (Fsp3) is 0.333. The maximum atomic E-state index is 13.4. The van der Waals surface area contributed by atoms with Crippen molar-refractivity contribution in [1.29, 1.82) is 0 Å². The highest BCUT2D eigenvalue weighted by Crippen LogP contribution is 2.41. The molecule has 3 aromatic rings. The van der Waals surface area contributed by atoms with E-state index in [1.165, 1.54) is 11.8 Å². The third-order valence-electron chi connectivity index (χ3n) is 6.56. The topological polar surface area (TPSA) is 58.6 Å². The van der Waals surface area contributed by atoms with Gasteiger partial charge >= 0.3 is 0 Å². The fourth-order valence-electron chi connectivity index (χ4n) is 4.77. The van der Waals surface area contributed by atoms with Crippen LogP contribution in [0.2, 0.25) is 5.02 Å². The standard InChI is InChI=1S/C27H27ClN2O3S2/c28-22-5-1-2-6-24(22)35-25-23(31)17-27(29-26(25)32,20-11-16-34-18-20)19-7-9-21(10-8-19)30-12-3-14-33-15-4-13-30/h1-2,5-11,16,18,25H,3-4,12-15,17H2,(H,29,32). The Labute approximate surface area is 218 Å². The lowest BCUT2D eigenvalue weighted by Gasteiger charge is -2.40. The minimum Gasteiger partial charge on any atom is -0.381 e. The molecule has 5 nitrogen and oxygen atoms in total. The van der Waals surface area contributed by atoms with Crippen molar-refractivity contribution in [2.24, 2.45) is 0 Å². The van der Waals surface area contributed by atoms with Crippen molar-refractivity contribution in [1.82, 2.24) is 5.32 Å². The molecule has 2 aromatic carbocycles. The van der Waals surface area contributed by atoms with Crippen LogP contribution in [0.25, 0.3) is 0 Å². The second kappa shape index (κ2) is 10.7. The average Bonchev–Trinajstić information content (AvgIpc) is 3.38. The Morgan fingerprint density at radius 2 is 1.74 bits per heavy atom. The number of hydrogen-bond acceptors (Lipinski definition) is 6. The van der Waals surface area contributed by atoms with Gasteiger partial charge in [0.2, 0.25) is 5.91 Å². The first-order valence-electron chi connectivity index (χ1n) is 11.8. The van der Waals surface area contributed by atoms with E-state index in [1.807, 2.05) is 35.0 Å². The van der Waals surface area contributed by atoms with E-state index in [0.717, 1.165) is 60.9 Å². The highest BCUT2D eigenvalue weighted by Gasteiger charge is 2.47. The first-order chi connectivity index (χ1) is 17.1. The van der Waals surface area contributed by atoms with Crippen LogP contribution in [0.5, 0.6) is 0 Å². The molecule has 2 aliphatic rings. The molecule has 182 valence electrons. The number of nitrogens with one attached hydrogen (secondary N) is 1. The lowest BCUT2D eigenvalue weighted by atomic mass is 9.77. The van der Waals surface area contributed by atoms with E-state index in [9.17, 15) is 9.59 Å². The number of carbonyl (C=O) groups excluding carboxylic acids is 2. The first kappa shape index (κ1) is 24.4. The Morgan fingerprint density at radius 1 is 1.00 bits per heavy atom. The Kier molecular flexibility index (Phi) is 7.48. The van der Waals surface area contributed by atoms with Gasteiger partial charge in [-0.1, -0.05) is 35.9 Å².